The molecule has 2 rings (SSSR count). The van der Waals surface area contributed by atoms with Crippen molar-refractivity contribution in [3.05, 3.63) is 0 Å². The van der Waals surface area contributed by atoms with E-state index < -0.39 is 29.1 Å². The number of carbonyl (C=O) groups is 3. The van der Waals surface area contributed by atoms with Crippen LogP contribution in [0.15, 0.2) is 0 Å². The fraction of sp³-hybridized carbons (Fsp3) is 0.800. The Morgan fingerprint density at radius 1 is 1.38 bits per heavy atom. The van der Waals surface area contributed by atoms with Crippen molar-refractivity contribution >= 4 is 17.7 Å². The fourth-order valence-corrected chi connectivity index (χ4v) is 2.80. The van der Waals surface area contributed by atoms with Crippen LogP contribution >= 0.6 is 0 Å². The lowest BCUT2D eigenvalue weighted by molar-refractivity contribution is -0.162. The minimum Gasteiger partial charge on any atom is -0.459 e. The van der Waals surface area contributed by atoms with Crippen molar-refractivity contribution < 1.29 is 28.6 Å². The molecule has 2 aliphatic heterocycles. The zero-order valence-corrected chi connectivity index (χ0v) is 12.9. The van der Waals surface area contributed by atoms with E-state index in [0.29, 0.717) is 12.5 Å². The summed E-state index contributed by atoms with van der Waals surface area (Å²) in [7, 11) is 0. The average molecular weight is 298 g/mol. The molecule has 0 aromatic heterocycles. The molecule has 0 N–H and O–H groups in total. The van der Waals surface area contributed by atoms with Crippen LogP contribution in [0.25, 0.3) is 0 Å². The summed E-state index contributed by atoms with van der Waals surface area (Å²) in [6, 6.07) is 0. The topological polar surface area (TPSA) is 78.9 Å². The van der Waals surface area contributed by atoms with Crippen LogP contribution in [0.2, 0.25) is 0 Å². The first-order valence-electron chi connectivity index (χ1n) is 7.23. The van der Waals surface area contributed by atoms with Gasteiger partial charge in [0.25, 0.3) is 0 Å². The van der Waals surface area contributed by atoms with Gasteiger partial charge in [-0.25, -0.2) is 0 Å². The summed E-state index contributed by atoms with van der Waals surface area (Å²) >= 11 is 0. The molecule has 21 heavy (non-hydrogen) atoms. The predicted octanol–water partition coefficient (Wildman–Crippen LogP) is 1.26. The summed E-state index contributed by atoms with van der Waals surface area (Å²) < 4.78 is 15.9. The Morgan fingerprint density at radius 2 is 2.05 bits per heavy atom. The van der Waals surface area contributed by atoms with Crippen LogP contribution in [0, 0.1) is 11.3 Å². The first-order valence-corrected chi connectivity index (χ1v) is 7.23. The highest BCUT2D eigenvalue weighted by atomic mass is 16.6. The van der Waals surface area contributed by atoms with Gasteiger partial charge in [0.15, 0.2) is 16.8 Å². The maximum atomic E-state index is 12.1. The molecule has 2 heterocycles. The Hall–Kier alpha value is -1.43. The lowest BCUT2D eigenvalue weighted by Crippen LogP contribution is -2.35. The van der Waals surface area contributed by atoms with Crippen molar-refractivity contribution in [2.24, 2.45) is 11.3 Å². The van der Waals surface area contributed by atoms with Gasteiger partial charge in [-0.3, -0.25) is 14.4 Å². The minimum absolute atomic E-state index is 0.0493. The molecule has 3 atom stereocenters. The first-order chi connectivity index (χ1) is 9.69. The number of carbonyl (C=O) groups excluding carboxylic acids is 3. The Morgan fingerprint density at radius 3 is 2.57 bits per heavy atom. The molecule has 6 nitrogen and oxygen atoms in total. The van der Waals surface area contributed by atoms with Crippen molar-refractivity contribution in [3.8, 4) is 0 Å². The van der Waals surface area contributed by atoms with Crippen LogP contribution in [0.1, 0.15) is 40.5 Å². The van der Waals surface area contributed by atoms with Crippen molar-refractivity contribution in [1.29, 1.82) is 0 Å². The van der Waals surface area contributed by atoms with E-state index in [1.165, 1.54) is 13.8 Å². The second-order valence-corrected chi connectivity index (χ2v) is 6.60. The Balaban J connectivity index is 2.05. The fourth-order valence-electron chi connectivity index (χ4n) is 2.80. The van der Waals surface area contributed by atoms with E-state index >= 15 is 0 Å². The van der Waals surface area contributed by atoms with Crippen LogP contribution < -0.4 is 0 Å². The van der Waals surface area contributed by atoms with E-state index in [9.17, 15) is 14.4 Å². The van der Waals surface area contributed by atoms with Gasteiger partial charge in [-0.2, -0.15) is 0 Å². The number of cyclic esters (lactones) is 2. The third-order valence-electron chi connectivity index (χ3n) is 4.09. The highest BCUT2D eigenvalue weighted by Crippen LogP contribution is 2.49. The van der Waals surface area contributed by atoms with Crippen LogP contribution in [0.5, 0.6) is 0 Å². The molecular weight excluding hydrogens is 276 g/mol. The lowest BCUT2D eigenvalue weighted by Gasteiger charge is -2.18. The Bertz CT molecular complexity index is 471. The molecular formula is C15H22O6. The molecule has 0 saturated carbocycles. The molecule has 118 valence electrons. The molecule has 0 aromatic carbocycles. The molecule has 0 aromatic rings. The number of hydrogen-bond acceptors (Lipinski definition) is 6. The molecule has 2 fully saturated rings. The second-order valence-electron chi connectivity index (χ2n) is 6.60. The molecule has 0 radical (unpaired) electrons. The third-order valence-corrected chi connectivity index (χ3v) is 4.09. The summed E-state index contributed by atoms with van der Waals surface area (Å²) in [5.41, 5.74) is -2.57. The number of ether oxygens (including phenoxy) is 3. The van der Waals surface area contributed by atoms with Crippen LogP contribution in [-0.2, 0) is 28.6 Å². The third kappa shape index (κ3) is 2.81. The van der Waals surface area contributed by atoms with Gasteiger partial charge in [-0.15, -0.1) is 0 Å². The smallest absolute Gasteiger partial charge is 0.324 e. The molecule has 0 unspecified atom stereocenters. The van der Waals surface area contributed by atoms with E-state index in [2.05, 4.69) is 0 Å². The molecule has 0 amide bonds. The monoisotopic (exact) mass is 298 g/mol. The maximum absolute atomic E-state index is 12.1. The van der Waals surface area contributed by atoms with Crippen LogP contribution in [-0.4, -0.2) is 42.6 Å². The number of hydrogen-bond donors (Lipinski definition) is 0. The zero-order chi connectivity index (χ0) is 15.8. The summed E-state index contributed by atoms with van der Waals surface area (Å²) in [5, 5.41) is 0. The largest absolute Gasteiger partial charge is 0.459 e. The molecule has 2 aliphatic rings. The molecule has 0 bridgehead atoms. The quantitative estimate of drug-likeness (QED) is 0.561. The molecule has 6 heteroatoms. The van der Waals surface area contributed by atoms with E-state index in [4.69, 9.17) is 14.2 Å². The maximum Gasteiger partial charge on any atom is 0.324 e. The average Bonchev–Trinajstić information content (AvgIpc) is 2.79. The van der Waals surface area contributed by atoms with Crippen molar-refractivity contribution in [2.45, 2.75) is 52.2 Å². The summed E-state index contributed by atoms with van der Waals surface area (Å²) in [6.07, 6.45) is -0.197. The van der Waals surface area contributed by atoms with Gasteiger partial charge in [0, 0.05) is 19.4 Å². The summed E-state index contributed by atoms with van der Waals surface area (Å²) in [4.78, 5) is 35.9. The van der Waals surface area contributed by atoms with Gasteiger partial charge in [0.2, 0.25) is 0 Å². The number of esters is 2. The van der Waals surface area contributed by atoms with E-state index in [0.717, 1.165) is 0 Å². The summed E-state index contributed by atoms with van der Waals surface area (Å²) in [5.74, 6) is -1.14. The van der Waals surface area contributed by atoms with Crippen molar-refractivity contribution in [1.82, 2.24) is 0 Å². The van der Waals surface area contributed by atoms with E-state index in [1.54, 1.807) is 0 Å². The standard InChI is InChI=1S/C15H22O6/c1-9(2)6-19-7-11-5-15(12(17)20-11)8-14(4,10(3)16)21-13(15)18/h9,11H,5-8H2,1-4H3/t11-,14+,15-/m1/s1. The van der Waals surface area contributed by atoms with Crippen molar-refractivity contribution in [3.63, 3.8) is 0 Å². The Labute approximate surface area is 124 Å². The van der Waals surface area contributed by atoms with Gasteiger partial charge >= 0.3 is 11.9 Å². The number of rotatable bonds is 5. The predicted molar refractivity (Wildman–Crippen MR) is 72.4 cm³/mol. The van der Waals surface area contributed by atoms with Gasteiger partial charge in [-0.1, -0.05) is 13.8 Å². The SMILES string of the molecule is CC(=O)[C@]1(C)C[C@@]2(C[C@H](COCC(C)C)OC2=O)C(=O)O1. The molecule has 0 aliphatic carbocycles. The zero-order valence-electron chi connectivity index (χ0n) is 12.9. The van der Waals surface area contributed by atoms with Gasteiger partial charge in [0.05, 0.1) is 6.61 Å². The second kappa shape index (κ2) is 5.40. The minimum atomic E-state index is -1.34. The van der Waals surface area contributed by atoms with Crippen LogP contribution in [0.3, 0.4) is 0 Å². The van der Waals surface area contributed by atoms with Gasteiger partial charge < -0.3 is 14.2 Å². The summed E-state index contributed by atoms with van der Waals surface area (Å²) in [6.45, 7) is 7.77. The van der Waals surface area contributed by atoms with E-state index in [-0.39, 0.29) is 25.2 Å². The highest BCUT2D eigenvalue weighted by Gasteiger charge is 2.65. The number of ketones is 1. The highest BCUT2D eigenvalue weighted by molar-refractivity contribution is 6.06. The number of Topliss-reactive ketones (excluding diaryl/α,β-unsaturated/α-hetero) is 1. The Kier molecular flexibility index (Phi) is 4.10. The van der Waals surface area contributed by atoms with Gasteiger partial charge in [0.1, 0.15) is 6.10 Å². The van der Waals surface area contributed by atoms with Gasteiger partial charge in [-0.05, 0) is 19.8 Å². The normalized spacial score (nSPS) is 35.4. The molecule has 2 saturated heterocycles. The lowest BCUT2D eigenvalue weighted by atomic mass is 9.77. The molecule has 1 spiro atoms. The van der Waals surface area contributed by atoms with Crippen LogP contribution in [0.4, 0.5) is 0 Å². The first kappa shape index (κ1) is 15.9. The van der Waals surface area contributed by atoms with Crippen molar-refractivity contribution in [2.75, 3.05) is 13.2 Å². The van der Waals surface area contributed by atoms with E-state index in [1.807, 2.05) is 13.8 Å².